The van der Waals surface area contributed by atoms with Crippen molar-refractivity contribution in [1.82, 2.24) is 15.2 Å². The molecule has 0 bridgehead atoms. The van der Waals surface area contributed by atoms with E-state index in [1.165, 1.54) is 24.3 Å². The van der Waals surface area contributed by atoms with Gasteiger partial charge in [-0.05, 0) is 66.4 Å². The Morgan fingerprint density at radius 1 is 1.18 bits per heavy atom. The van der Waals surface area contributed by atoms with Crippen molar-refractivity contribution in [3.63, 3.8) is 0 Å². The van der Waals surface area contributed by atoms with Crippen molar-refractivity contribution in [2.75, 3.05) is 19.8 Å². The fraction of sp³-hybridized carbons (Fsp3) is 0.296. The van der Waals surface area contributed by atoms with Crippen LogP contribution in [0.2, 0.25) is 0 Å². The Morgan fingerprint density at radius 3 is 2.58 bits per heavy atom. The zero-order valence-corrected chi connectivity index (χ0v) is 21.9. The number of carboxylic acids is 1. The van der Waals surface area contributed by atoms with Crippen LogP contribution in [0, 0.1) is 6.92 Å². The predicted octanol–water partition coefficient (Wildman–Crippen LogP) is 2.48. The number of rotatable bonds is 8. The molecule has 1 amide bonds. The molecule has 10 nitrogen and oxygen atoms in total. The summed E-state index contributed by atoms with van der Waals surface area (Å²) in [6.07, 6.45) is 3.46. The van der Waals surface area contributed by atoms with Gasteiger partial charge in [-0.2, -0.15) is 0 Å². The number of pyridine rings is 1. The van der Waals surface area contributed by atoms with Gasteiger partial charge in [-0.15, -0.1) is 0 Å². The van der Waals surface area contributed by atoms with Gasteiger partial charge >= 0.3 is 5.97 Å². The van der Waals surface area contributed by atoms with E-state index < -0.39 is 22.0 Å². The highest BCUT2D eigenvalue weighted by atomic mass is 32.2. The van der Waals surface area contributed by atoms with Crippen LogP contribution < -0.4 is 10.5 Å². The average molecular weight is 539 g/mol. The number of primary sulfonamides is 1. The molecule has 3 aromatic rings. The number of aromatic carboxylic acids is 1. The highest BCUT2D eigenvalue weighted by Crippen LogP contribution is 2.26. The number of hydrogen-bond acceptors (Lipinski definition) is 7. The molecule has 11 heteroatoms. The normalized spacial score (nSPS) is 17.1. The Kier molecular flexibility index (Phi) is 8.22. The Bertz CT molecular complexity index is 1440. The molecule has 0 aliphatic carbocycles. The first-order valence-electron chi connectivity index (χ1n) is 12.1. The van der Waals surface area contributed by atoms with Crippen LogP contribution in [0.15, 0.2) is 65.8 Å². The Labute approximate surface area is 221 Å². The first-order chi connectivity index (χ1) is 18.0. The van der Waals surface area contributed by atoms with E-state index in [2.05, 4.69) is 10.3 Å². The fourth-order valence-corrected chi connectivity index (χ4v) is 5.07. The number of carboxylic acid groups (broad SMARTS) is 1. The summed E-state index contributed by atoms with van der Waals surface area (Å²) in [5.74, 6) is -1.18. The summed E-state index contributed by atoms with van der Waals surface area (Å²) < 4.78 is 29.0. The smallest absolute Gasteiger partial charge is 0.335 e. The molecule has 2 atom stereocenters. The molecule has 0 saturated carbocycles. The van der Waals surface area contributed by atoms with Gasteiger partial charge in [0.05, 0.1) is 29.7 Å². The number of carbonyl (C=O) groups excluding carboxylic acids is 1. The lowest BCUT2D eigenvalue weighted by atomic mass is 10.0. The molecule has 2 aromatic carbocycles. The van der Waals surface area contributed by atoms with E-state index in [4.69, 9.17) is 15.0 Å². The fourth-order valence-electron chi connectivity index (χ4n) is 4.47. The molecule has 4 N–H and O–H groups in total. The number of hydrogen-bond donors (Lipinski definition) is 3. The summed E-state index contributed by atoms with van der Waals surface area (Å²) in [5.41, 5.74) is 4.30. The largest absolute Gasteiger partial charge is 0.478 e. The molecule has 1 fully saturated rings. The molecule has 1 saturated heterocycles. The minimum Gasteiger partial charge on any atom is -0.478 e. The molecule has 38 heavy (non-hydrogen) atoms. The van der Waals surface area contributed by atoms with Gasteiger partial charge in [-0.25, -0.2) is 18.4 Å². The zero-order chi connectivity index (χ0) is 27.4. The lowest BCUT2D eigenvalue weighted by molar-refractivity contribution is -0.133. The van der Waals surface area contributed by atoms with Crippen molar-refractivity contribution in [3.05, 3.63) is 83.2 Å². The molecular weight excluding hydrogens is 508 g/mol. The lowest BCUT2D eigenvalue weighted by Gasteiger charge is -2.35. The van der Waals surface area contributed by atoms with Crippen molar-refractivity contribution >= 4 is 21.9 Å². The van der Waals surface area contributed by atoms with E-state index in [9.17, 15) is 18.0 Å². The topological polar surface area (TPSA) is 152 Å². The minimum atomic E-state index is -3.79. The van der Waals surface area contributed by atoms with Crippen molar-refractivity contribution in [2.24, 2.45) is 5.14 Å². The second kappa shape index (κ2) is 11.4. The molecule has 1 aliphatic rings. The van der Waals surface area contributed by atoms with Gasteiger partial charge in [0.25, 0.3) is 0 Å². The number of nitrogens with zero attached hydrogens (tertiary/aromatic N) is 2. The van der Waals surface area contributed by atoms with Gasteiger partial charge in [-0.3, -0.25) is 14.7 Å². The van der Waals surface area contributed by atoms with Gasteiger partial charge in [-0.1, -0.05) is 18.2 Å². The van der Waals surface area contributed by atoms with Crippen LogP contribution in [0.3, 0.4) is 0 Å². The van der Waals surface area contributed by atoms with Crippen LogP contribution in [0.25, 0.3) is 11.1 Å². The van der Waals surface area contributed by atoms with Crippen LogP contribution in [0.5, 0.6) is 0 Å². The zero-order valence-electron chi connectivity index (χ0n) is 21.1. The van der Waals surface area contributed by atoms with Crippen LogP contribution in [0.1, 0.15) is 40.0 Å². The van der Waals surface area contributed by atoms with Crippen molar-refractivity contribution in [2.45, 2.75) is 37.4 Å². The van der Waals surface area contributed by atoms with Crippen LogP contribution >= 0.6 is 0 Å². The molecule has 0 unspecified atom stereocenters. The van der Waals surface area contributed by atoms with Gasteiger partial charge in [0.15, 0.2) is 0 Å². The number of nitrogens with one attached hydrogen (secondary N) is 1. The monoisotopic (exact) mass is 538 g/mol. The van der Waals surface area contributed by atoms with Gasteiger partial charge in [0.2, 0.25) is 15.9 Å². The third kappa shape index (κ3) is 6.43. The highest BCUT2D eigenvalue weighted by molar-refractivity contribution is 7.89. The quantitative estimate of drug-likeness (QED) is 0.396. The molecule has 2 heterocycles. The molecular formula is C27H30N4O6S. The minimum absolute atomic E-state index is 0.0529. The second-order valence-corrected chi connectivity index (χ2v) is 10.9. The third-order valence-corrected chi connectivity index (χ3v) is 7.49. The maximum atomic E-state index is 13.2. The number of nitrogens with two attached hydrogens (primary N) is 1. The van der Waals surface area contributed by atoms with Crippen LogP contribution in [0.4, 0.5) is 0 Å². The van der Waals surface area contributed by atoms with Gasteiger partial charge < -0.3 is 15.2 Å². The summed E-state index contributed by atoms with van der Waals surface area (Å²) in [6, 6.07) is 12.3. The van der Waals surface area contributed by atoms with Crippen LogP contribution in [-0.2, 0) is 26.1 Å². The number of benzene rings is 2. The van der Waals surface area contributed by atoms with E-state index in [-0.39, 0.29) is 29.0 Å². The molecule has 0 radical (unpaired) electrons. The number of aromatic nitrogens is 1. The first kappa shape index (κ1) is 27.4. The van der Waals surface area contributed by atoms with E-state index in [0.717, 1.165) is 27.8 Å². The number of ether oxygens (including phenoxy) is 1. The second-order valence-electron chi connectivity index (χ2n) is 9.32. The van der Waals surface area contributed by atoms with Crippen molar-refractivity contribution in [1.29, 1.82) is 0 Å². The summed E-state index contributed by atoms with van der Waals surface area (Å²) >= 11 is 0. The number of carbonyl (C=O) groups is 2. The van der Waals surface area contributed by atoms with Gasteiger partial charge in [0.1, 0.15) is 6.04 Å². The van der Waals surface area contributed by atoms with E-state index >= 15 is 0 Å². The standard InChI is InChI=1S/C27H30N4O6S/c1-17-11-23(38(28,35)36)7-8-24(17)22-12-19(13-29-14-22)15-31-9-10-37-16-25(31)26(32)30-18(2)20-3-5-21(6-4-20)27(33)34/h3-8,11-14,18,25H,9-10,15-16H2,1-2H3,(H,30,32)(H,33,34)(H2,28,35,36)/t18-,25+/m0/s1. The Hall–Kier alpha value is -3.64. The summed E-state index contributed by atoms with van der Waals surface area (Å²) in [6.45, 7) is 5.44. The van der Waals surface area contributed by atoms with E-state index in [1.807, 2.05) is 24.8 Å². The molecule has 1 aliphatic heterocycles. The van der Waals surface area contributed by atoms with Crippen LogP contribution in [-0.4, -0.2) is 61.1 Å². The van der Waals surface area contributed by atoms with Crippen molar-refractivity contribution < 1.29 is 27.9 Å². The Morgan fingerprint density at radius 2 is 1.92 bits per heavy atom. The summed E-state index contributed by atoms with van der Waals surface area (Å²) in [4.78, 5) is 30.8. The lowest BCUT2D eigenvalue weighted by Crippen LogP contribution is -2.53. The SMILES string of the molecule is Cc1cc(S(N)(=O)=O)ccc1-c1cncc(CN2CCOC[C@@H]2C(=O)N[C@@H](C)c2ccc(C(=O)O)cc2)c1. The van der Waals surface area contributed by atoms with Gasteiger partial charge in [0, 0.05) is 31.0 Å². The highest BCUT2D eigenvalue weighted by Gasteiger charge is 2.30. The number of morpholine rings is 1. The van der Waals surface area contributed by atoms with E-state index in [1.54, 1.807) is 30.6 Å². The average Bonchev–Trinajstić information content (AvgIpc) is 2.88. The maximum Gasteiger partial charge on any atom is 0.335 e. The number of aryl methyl sites for hydroxylation is 1. The summed E-state index contributed by atoms with van der Waals surface area (Å²) in [7, 11) is -3.79. The molecule has 4 rings (SSSR count). The molecule has 1 aromatic heterocycles. The maximum absolute atomic E-state index is 13.2. The molecule has 0 spiro atoms. The van der Waals surface area contributed by atoms with E-state index in [0.29, 0.717) is 19.7 Å². The van der Waals surface area contributed by atoms with Crippen molar-refractivity contribution in [3.8, 4) is 11.1 Å². The predicted molar refractivity (Wildman–Crippen MR) is 141 cm³/mol. The molecule has 200 valence electrons. The number of sulfonamides is 1. The number of amides is 1. The summed E-state index contributed by atoms with van der Waals surface area (Å²) in [5, 5.41) is 17.4. The Balaban J connectivity index is 1.48. The first-order valence-corrected chi connectivity index (χ1v) is 13.6. The third-order valence-electron chi connectivity index (χ3n) is 6.58.